The third-order valence-electron chi connectivity index (χ3n) is 1.22. The molecule has 0 amide bonds. The summed E-state index contributed by atoms with van der Waals surface area (Å²) >= 11 is 4.51. The zero-order valence-electron chi connectivity index (χ0n) is 6.04. The van der Waals surface area contributed by atoms with Crippen molar-refractivity contribution >= 4 is 23.0 Å². The third kappa shape index (κ3) is 2.06. The lowest BCUT2D eigenvalue weighted by Crippen LogP contribution is -2.18. The minimum absolute atomic E-state index is 0.0177. The molecule has 0 heterocycles. The van der Waals surface area contributed by atoms with E-state index < -0.39 is 5.82 Å². The molecule has 0 saturated carbocycles. The molecule has 4 N–H and O–H groups in total. The fraction of sp³-hybridized carbons (Fsp3) is 0. The number of phenols is 1. The maximum atomic E-state index is 12.6. The number of halogens is 1. The van der Waals surface area contributed by atoms with Gasteiger partial charge in [-0.2, -0.15) is 0 Å². The molecule has 1 aromatic carbocycles. The standard InChI is InChI=1S/C7H7FN2OS/c8-4-1-2-6(11)5(3-4)10-7(9)12/h1-3,11H,(H3,9,10,12). The molecule has 0 bridgehead atoms. The Balaban J connectivity index is 2.97. The van der Waals surface area contributed by atoms with Crippen LogP contribution in [0.3, 0.4) is 0 Å². The van der Waals surface area contributed by atoms with Gasteiger partial charge in [-0.1, -0.05) is 0 Å². The summed E-state index contributed by atoms with van der Waals surface area (Å²) in [6, 6.07) is 3.46. The second-order valence-corrected chi connectivity index (χ2v) is 2.59. The zero-order valence-corrected chi connectivity index (χ0v) is 6.86. The highest BCUT2D eigenvalue weighted by Crippen LogP contribution is 2.22. The molecule has 0 aliphatic rings. The molecule has 64 valence electrons. The highest BCUT2D eigenvalue weighted by molar-refractivity contribution is 7.80. The van der Waals surface area contributed by atoms with Gasteiger partial charge >= 0.3 is 0 Å². The van der Waals surface area contributed by atoms with Crippen LogP contribution in [0.4, 0.5) is 10.1 Å². The average Bonchev–Trinajstić information content (AvgIpc) is 1.96. The molecule has 5 heteroatoms. The summed E-state index contributed by atoms with van der Waals surface area (Å²) in [5.74, 6) is -0.559. The van der Waals surface area contributed by atoms with E-state index in [0.29, 0.717) is 0 Å². The Morgan fingerprint density at radius 3 is 2.83 bits per heavy atom. The number of nitrogens with two attached hydrogens (primary N) is 1. The number of benzene rings is 1. The maximum Gasteiger partial charge on any atom is 0.168 e. The Morgan fingerprint density at radius 2 is 2.25 bits per heavy atom. The van der Waals surface area contributed by atoms with E-state index in [4.69, 9.17) is 10.8 Å². The maximum absolute atomic E-state index is 12.6. The van der Waals surface area contributed by atoms with E-state index in [-0.39, 0.29) is 16.5 Å². The van der Waals surface area contributed by atoms with Crippen molar-refractivity contribution in [3.05, 3.63) is 24.0 Å². The van der Waals surface area contributed by atoms with Crippen molar-refractivity contribution in [3.8, 4) is 5.75 Å². The molecule has 0 aromatic heterocycles. The van der Waals surface area contributed by atoms with Gasteiger partial charge in [-0.3, -0.25) is 0 Å². The van der Waals surface area contributed by atoms with Gasteiger partial charge < -0.3 is 16.2 Å². The minimum atomic E-state index is -0.466. The first-order chi connectivity index (χ1) is 5.59. The second kappa shape index (κ2) is 3.36. The lowest BCUT2D eigenvalue weighted by Gasteiger charge is -2.05. The van der Waals surface area contributed by atoms with Crippen LogP contribution in [-0.4, -0.2) is 10.2 Å². The average molecular weight is 186 g/mol. The molecule has 1 aromatic rings. The Labute approximate surface area is 74.0 Å². The quantitative estimate of drug-likeness (QED) is 0.455. The number of anilines is 1. The largest absolute Gasteiger partial charge is 0.506 e. The van der Waals surface area contributed by atoms with Crippen molar-refractivity contribution in [1.29, 1.82) is 0 Å². The monoisotopic (exact) mass is 186 g/mol. The fourth-order valence-corrected chi connectivity index (χ4v) is 0.851. The van der Waals surface area contributed by atoms with Crippen LogP contribution in [-0.2, 0) is 0 Å². The predicted molar refractivity (Wildman–Crippen MR) is 48.5 cm³/mol. The Hall–Kier alpha value is -1.36. The van der Waals surface area contributed by atoms with Crippen molar-refractivity contribution < 1.29 is 9.50 Å². The number of nitrogens with one attached hydrogen (secondary N) is 1. The summed E-state index contributed by atoms with van der Waals surface area (Å²) in [6.45, 7) is 0. The van der Waals surface area contributed by atoms with Crippen LogP contribution in [0, 0.1) is 5.82 Å². The van der Waals surface area contributed by atoms with Gasteiger partial charge in [0.05, 0.1) is 5.69 Å². The SMILES string of the molecule is NC(=S)Nc1cc(F)ccc1O. The smallest absolute Gasteiger partial charge is 0.168 e. The van der Waals surface area contributed by atoms with Gasteiger partial charge in [0.25, 0.3) is 0 Å². The first-order valence-corrected chi connectivity index (χ1v) is 3.55. The van der Waals surface area contributed by atoms with Crippen LogP contribution in [0.15, 0.2) is 18.2 Å². The van der Waals surface area contributed by atoms with Gasteiger partial charge in [-0.15, -0.1) is 0 Å². The first-order valence-electron chi connectivity index (χ1n) is 3.14. The molecule has 0 saturated heterocycles. The van der Waals surface area contributed by atoms with Gasteiger partial charge in [-0.05, 0) is 24.4 Å². The highest BCUT2D eigenvalue weighted by atomic mass is 32.1. The van der Waals surface area contributed by atoms with Crippen LogP contribution in [0.2, 0.25) is 0 Å². The number of thiocarbonyl (C=S) groups is 1. The summed E-state index contributed by atoms with van der Waals surface area (Å²) in [4.78, 5) is 0. The molecule has 12 heavy (non-hydrogen) atoms. The molecule has 0 aliphatic carbocycles. The topological polar surface area (TPSA) is 58.3 Å². The predicted octanol–water partition coefficient (Wildman–Crippen LogP) is 1.19. The van der Waals surface area contributed by atoms with E-state index in [1.54, 1.807) is 0 Å². The summed E-state index contributed by atoms with van der Waals surface area (Å²) < 4.78 is 12.6. The van der Waals surface area contributed by atoms with E-state index in [9.17, 15) is 4.39 Å². The molecule has 3 nitrogen and oxygen atoms in total. The molecule has 0 unspecified atom stereocenters. The second-order valence-electron chi connectivity index (χ2n) is 2.15. The third-order valence-corrected chi connectivity index (χ3v) is 1.32. The van der Waals surface area contributed by atoms with Gasteiger partial charge in [0.15, 0.2) is 5.11 Å². The van der Waals surface area contributed by atoms with E-state index in [0.717, 1.165) is 12.1 Å². The van der Waals surface area contributed by atoms with Gasteiger partial charge in [0.2, 0.25) is 0 Å². The molecule has 0 fully saturated rings. The lowest BCUT2D eigenvalue weighted by molar-refractivity contribution is 0.476. The van der Waals surface area contributed by atoms with Gasteiger partial charge in [0.1, 0.15) is 11.6 Å². The minimum Gasteiger partial charge on any atom is -0.506 e. The molecule has 1 rings (SSSR count). The van der Waals surface area contributed by atoms with Crippen LogP contribution in [0.1, 0.15) is 0 Å². The highest BCUT2D eigenvalue weighted by Gasteiger charge is 2.01. The van der Waals surface area contributed by atoms with Crippen LogP contribution >= 0.6 is 12.2 Å². The molecule has 0 radical (unpaired) electrons. The summed E-state index contributed by atoms with van der Waals surface area (Å²) in [6.07, 6.45) is 0. The van der Waals surface area contributed by atoms with Crippen molar-refractivity contribution in [3.63, 3.8) is 0 Å². The van der Waals surface area contributed by atoms with E-state index in [1.807, 2.05) is 0 Å². The Kier molecular flexibility index (Phi) is 2.44. The van der Waals surface area contributed by atoms with Crippen molar-refractivity contribution in [2.24, 2.45) is 5.73 Å². The van der Waals surface area contributed by atoms with Gasteiger partial charge in [-0.25, -0.2) is 4.39 Å². The van der Waals surface area contributed by atoms with Crippen LogP contribution in [0.25, 0.3) is 0 Å². The van der Waals surface area contributed by atoms with E-state index in [2.05, 4.69) is 17.5 Å². The molecule has 0 spiro atoms. The Morgan fingerprint density at radius 1 is 1.58 bits per heavy atom. The van der Waals surface area contributed by atoms with Crippen LogP contribution in [0.5, 0.6) is 5.75 Å². The van der Waals surface area contributed by atoms with E-state index >= 15 is 0 Å². The van der Waals surface area contributed by atoms with Gasteiger partial charge in [0, 0.05) is 6.07 Å². The number of rotatable bonds is 1. The Bertz CT molecular complexity index is 316. The molecular weight excluding hydrogens is 179 g/mol. The molecule has 0 aliphatic heterocycles. The van der Waals surface area contributed by atoms with Crippen LogP contribution < -0.4 is 11.1 Å². The van der Waals surface area contributed by atoms with Crippen molar-refractivity contribution in [2.75, 3.05) is 5.32 Å². The summed E-state index contributed by atoms with van der Waals surface area (Å²) in [5, 5.41) is 11.6. The van der Waals surface area contributed by atoms with Crippen molar-refractivity contribution in [2.45, 2.75) is 0 Å². The molecule has 0 atom stereocenters. The zero-order chi connectivity index (χ0) is 9.14. The summed E-state index contributed by atoms with van der Waals surface area (Å²) in [7, 11) is 0. The number of hydrogen-bond donors (Lipinski definition) is 3. The fourth-order valence-electron chi connectivity index (χ4n) is 0.741. The summed E-state index contributed by atoms with van der Waals surface area (Å²) in [5.41, 5.74) is 5.30. The van der Waals surface area contributed by atoms with E-state index in [1.165, 1.54) is 6.07 Å². The number of phenolic OH excluding ortho intramolecular Hbond substituents is 1. The number of aromatic hydroxyl groups is 1. The normalized spacial score (nSPS) is 9.42. The van der Waals surface area contributed by atoms with Crippen molar-refractivity contribution in [1.82, 2.24) is 0 Å². The number of hydrogen-bond acceptors (Lipinski definition) is 2. The molecular formula is C7H7FN2OS. The first kappa shape index (κ1) is 8.73. The lowest BCUT2D eigenvalue weighted by atomic mass is 10.3.